The molecule has 1 saturated heterocycles. The molecule has 5 heteroatoms. The smallest absolute Gasteiger partial charge is 0.190 e. The summed E-state index contributed by atoms with van der Waals surface area (Å²) in [7, 11) is 1.83. The van der Waals surface area contributed by atoms with E-state index in [1.807, 2.05) is 25.5 Å². The van der Waals surface area contributed by atoms with Crippen LogP contribution in [0.1, 0.15) is 37.7 Å². The summed E-state index contributed by atoms with van der Waals surface area (Å²) in [5.74, 6) is 0.893. The SMILES string of the molecule is CN=C(NCCCN1CCCCCC1)NCCc1cccnc1. The molecule has 2 rings (SSSR count). The fourth-order valence-electron chi connectivity index (χ4n) is 2.96. The molecule has 1 aliphatic rings. The van der Waals surface area contributed by atoms with Crippen LogP contribution in [0.3, 0.4) is 0 Å². The van der Waals surface area contributed by atoms with Gasteiger partial charge in [0, 0.05) is 32.5 Å². The van der Waals surface area contributed by atoms with Crippen molar-refractivity contribution in [2.24, 2.45) is 4.99 Å². The van der Waals surface area contributed by atoms with Gasteiger partial charge in [-0.2, -0.15) is 0 Å². The number of aliphatic imine (C=N–C) groups is 1. The fraction of sp³-hybridized carbons (Fsp3) is 0.667. The highest BCUT2D eigenvalue weighted by molar-refractivity contribution is 5.79. The zero-order valence-electron chi connectivity index (χ0n) is 14.4. The number of aromatic nitrogens is 1. The molecule has 0 unspecified atom stereocenters. The van der Waals surface area contributed by atoms with Gasteiger partial charge in [-0.1, -0.05) is 18.9 Å². The molecule has 0 aromatic carbocycles. The fourth-order valence-corrected chi connectivity index (χ4v) is 2.96. The van der Waals surface area contributed by atoms with E-state index in [0.717, 1.165) is 25.5 Å². The number of rotatable bonds is 7. The molecule has 5 nitrogen and oxygen atoms in total. The van der Waals surface area contributed by atoms with E-state index in [-0.39, 0.29) is 0 Å². The number of hydrogen-bond acceptors (Lipinski definition) is 3. The molecule has 0 aliphatic carbocycles. The van der Waals surface area contributed by atoms with Crippen molar-refractivity contribution < 1.29 is 0 Å². The van der Waals surface area contributed by atoms with Gasteiger partial charge >= 0.3 is 0 Å². The molecule has 2 N–H and O–H groups in total. The average molecular weight is 317 g/mol. The molecule has 1 aromatic rings. The van der Waals surface area contributed by atoms with E-state index >= 15 is 0 Å². The van der Waals surface area contributed by atoms with Gasteiger partial charge < -0.3 is 15.5 Å². The minimum atomic E-state index is 0.873. The van der Waals surface area contributed by atoms with Crippen LogP contribution in [0.2, 0.25) is 0 Å². The van der Waals surface area contributed by atoms with Crippen LogP contribution in [0.15, 0.2) is 29.5 Å². The van der Waals surface area contributed by atoms with E-state index in [1.54, 1.807) is 0 Å². The van der Waals surface area contributed by atoms with Crippen LogP contribution in [0, 0.1) is 0 Å². The Kier molecular flexibility index (Phi) is 8.48. The van der Waals surface area contributed by atoms with Crippen LogP contribution in [-0.2, 0) is 6.42 Å². The lowest BCUT2D eigenvalue weighted by Crippen LogP contribution is -2.39. The quantitative estimate of drug-likeness (QED) is 0.459. The predicted octanol–water partition coefficient (Wildman–Crippen LogP) is 2.06. The third-order valence-electron chi connectivity index (χ3n) is 4.29. The van der Waals surface area contributed by atoms with Gasteiger partial charge in [0.25, 0.3) is 0 Å². The zero-order valence-corrected chi connectivity index (χ0v) is 14.4. The van der Waals surface area contributed by atoms with Crippen LogP contribution in [0.5, 0.6) is 0 Å². The molecule has 0 bridgehead atoms. The van der Waals surface area contributed by atoms with Crippen LogP contribution in [0.25, 0.3) is 0 Å². The van der Waals surface area contributed by atoms with Gasteiger partial charge in [0.15, 0.2) is 5.96 Å². The van der Waals surface area contributed by atoms with Crippen LogP contribution < -0.4 is 10.6 Å². The molecule has 0 spiro atoms. The standard InChI is InChI=1S/C18H31N5/c1-19-18(22-12-9-17-8-6-10-20-16-17)21-11-7-15-23-13-4-2-3-5-14-23/h6,8,10,16H,2-5,7,9,11-15H2,1H3,(H2,19,21,22). The lowest BCUT2D eigenvalue weighted by atomic mass is 10.2. The molecular formula is C18H31N5. The van der Waals surface area contributed by atoms with Gasteiger partial charge in [0.1, 0.15) is 0 Å². The third kappa shape index (κ3) is 7.46. The van der Waals surface area contributed by atoms with Crippen LogP contribution in [0.4, 0.5) is 0 Å². The second-order valence-electron chi connectivity index (χ2n) is 6.15. The van der Waals surface area contributed by atoms with E-state index in [4.69, 9.17) is 0 Å². The summed E-state index contributed by atoms with van der Waals surface area (Å²) in [5, 5.41) is 6.77. The van der Waals surface area contributed by atoms with E-state index in [1.165, 1.54) is 57.3 Å². The predicted molar refractivity (Wildman–Crippen MR) is 96.8 cm³/mol. The Morgan fingerprint density at radius 3 is 2.65 bits per heavy atom. The number of guanidine groups is 1. The van der Waals surface area contributed by atoms with Gasteiger partial charge in [0.05, 0.1) is 0 Å². The van der Waals surface area contributed by atoms with Gasteiger partial charge in [-0.05, 0) is 56.9 Å². The Bertz CT molecular complexity index is 438. The number of pyridine rings is 1. The first-order chi connectivity index (χ1) is 11.4. The second kappa shape index (κ2) is 11.0. The number of likely N-dealkylation sites (tertiary alicyclic amines) is 1. The maximum absolute atomic E-state index is 4.28. The van der Waals surface area contributed by atoms with Gasteiger partial charge in [-0.15, -0.1) is 0 Å². The summed E-state index contributed by atoms with van der Waals surface area (Å²) < 4.78 is 0. The molecule has 128 valence electrons. The van der Waals surface area contributed by atoms with Gasteiger partial charge in [-0.3, -0.25) is 9.98 Å². The van der Waals surface area contributed by atoms with Crippen molar-refractivity contribution in [3.63, 3.8) is 0 Å². The topological polar surface area (TPSA) is 52.6 Å². The Balaban J connectivity index is 1.55. The molecule has 1 aliphatic heterocycles. The molecule has 2 heterocycles. The summed E-state index contributed by atoms with van der Waals surface area (Å²) in [4.78, 5) is 11.0. The van der Waals surface area contributed by atoms with Crippen LogP contribution >= 0.6 is 0 Å². The second-order valence-corrected chi connectivity index (χ2v) is 6.15. The van der Waals surface area contributed by atoms with Crippen molar-refractivity contribution in [1.29, 1.82) is 0 Å². The summed E-state index contributed by atoms with van der Waals surface area (Å²) in [6.45, 7) is 5.59. The third-order valence-corrected chi connectivity index (χ3v) is 4.29. The molecule has 23 heavy (non-hydrogen) atoms. The molecule has 0 radical (unpaired) electrons. The zero-order chi connectivity index (χ0) is 16.2. The molecule has 0 atom stereocenters. The maximum Gasteiger partial charge on any atom is 0.190 e. The summed E-state index contributed by atoms with van der Waals surface area (Å²) in [5.41, 5.74) is 1.25. The Morgan fingerprint density at radius 2 is 1.96 bits per heavy atom. The Labute approximate surface area is 140 Å². The van der Waals surface area contributed by atoms with Gasteiger partial charge in [-0.25, -0.2) is 0 Å². The monoisotopic (exact) mass is 317 g/mol. The van der Waals surface area contributed by atoms with Crippen molar-refractivity contribution in [3.05, 3.63) is 30.1 Å². The minimum absolute atomic E-state index is 0.873. The Morgan fingerprint density at radius 1 is 1.17 bits per heavy atom. The number of nitrogens with one attached hydrogen (secondary N) is 2. The first-order valence-electron chi connectivity index (χ1n) is 8.94. The lowest BCUT2D eigenvalue weighted by molar-refractivity contribution is 0.282. The largest absolute Gasteiger partial charge is 0.356 e. The van der Waals surface area contributed by atoms with Gasteiger partial charge in [0.2, 0.25) is 0 Å². The molecule has 0 amide bonds. The van der Waals surface area contributed by atoms with E-state index < -0.39 is 0 Å². The highest BCUT2D eigenvalue weighted by Gasteiger charge is 2.08. The van der Waals surface area contributed by atoms with E-state index in [2.05, 4.69) is 31.6 Å². The summed E-state index contributed by atoms with van der Waals surface area (Å²) in [6.07, 6.45) is 11.4. The number of hydrogen-bond donors (Lipinski definition) is 2. The van der Waals surface area contributed by atoms with E-state index in [9.17, 15) is 0 Å². The van der Waals surface area contributed by atoms with Crippen molar-refractivity contribution in [2.75, 3.05) is 39.8 Å². The molecule has 0 saturated carbocycles. The molecule has 1 fully saturated rings. The normalized spacial score (nSPS) is 16.8. The van der Waals surface area contributed by atoms with Crippen LogP contribution in [-0.4, -0.2) is 55.6 Å². The first-order valence-corrected chi connectivity index (χ1v) is 8.94. The Hall–Kier alpha value is -1.62. The van der Waals surface area contributed by atoms with Crippen molar-refractivity contribution in [1.82, 2.24) is 20.5 Å². The summed E-state index contributed by atoms with van der Waals surface area (Å²) in [6, 6.07) is 4.08. The molecular weight excluding hydrogens is 286 g/mol. The average Bonchev–Trinajstić information content (AvgIpc) is 2.87. The lowest BCUT2D eigenvalue weighted by Gasteiger charge is -2.20. The van der Waals surface area contributed by atoms with Crippen molar-refractivity contribution >= 4 is 5.96 Å². The minimum Gasteiger partial charge on any atom is -0.356 e. The van der Waals surface area contributed by atoms with Crippen molar-refractivity contribution in [3.8, 4) is 0 Å². The first kappa shape index (κ1) is 17.7. The van der Waals surface area contributed by atoms with E-state index in [0.29, 0.717) is 0 Å². The van der Waals surface area contributed by atoms with Crippen molar-refractivity contribution in [2.45, 2.75) is 38.5 Å². The highest BCUT2D eigenvalue weighted by atomic mass is 15.2. The molecule has 1 aromatic heterocycles. The highest BCUT2D eigenvalue weighted by Crippen LogP contribution is 2.09. The number of nitrogens with zero attached hydrogens (tertiary/aromatic N) is 3. The summed E-state index contributed by atoms with van der Waals surface area (Å²) >= 11 is 0. The maximum atomic E-state index is 4.28.